The summed E-state index contributed by atoms with van der Waals surface area (Å²) in [7, 11) is 0. The summed E-state index contributed by atoms with van der Waals surface area (Å²) in [5.41, 5.74) is 8.65. The first-order valence-corrected chi connectivity index (χ1v) is 9.67. The van der Waals surface area contributed by atoms with Gasteiger partial charge in [-0.1, -0.05) is 19.9 Å². The fraction of sp³-hybridized carbons (Fsp3) is 0.300. The summed E-state index contributed by atoms with van der Waals surface area (Å²) in [5.74, 6) is 1.75. The van der Waals surface area contributed by atoms with Crippen LogP contribution in [-0.2, 0) is 13.0 Å². The molecule has 1 aromatic carbocycles. The van der Waals surface area contributed by atoms with Crippen LogP contribution in [0.1, 0.15) is 34.8 Å². The predicted octanol–water partition coefficient (Wildman–Crippen LogP) is 3.74. The molecule has 2 aromatic heterocycles. The van der Waals surface area contributed by atoms with Crippen LogP contribution in [0.15, 0.2) is 30.3 Å². The average Bonchev–Trinajstić information content (AvgIpc) is 3.23. The van der Waals surface area contributed by atoms with Crippen LogP contribution in [0, 0.1) is 5.92 Å². The van der Waals surface area contributed by atoms with Gasteiger partial charge in [0, 0.05) is 17.6 Å². The van der Waals surface area contributed by atoms with Crippen molar-refractivity contribution in [2.45, 2.75) is 26.8 Å². The number of nitrogens with zero attached hydrogens (tertiary/aromatic N) is 1. The van der Waals surface area contributed by atoms with E-state index in [4.69, 9.17) is 15.2 Å². The van der Waals surface area contributed by atoms with Crippen LogP contribution in [0.3, 0.4) is 0 Å². The Labute approximate surface area is 161 Å². The van der Waals surface area contributed by atoms with E-state index in [2.05, 4.69) is 24.1 Å². The number of hydrogen-bond acceptors (Lipinski definition) is 6. The number of benzene rings is 1. The zero-order chi connectivity index (χ0) is 19.0. The molecule has 3 N–H and O–H groups in total. The fourth-order valence-corrected chi connectivity index (χ4v) is 4.08. The number of thiophene rings is 1. The number of amides is 1. The van der Waals surface area contributed by atoms with Gasteiger partial charge in [0.05, 0.1) is 5.69 Å². The van der Waals surface area contributed by atoms with Crippen molar-refractivity contribution in [2.75, 3.05) is 12.5 Å². The highest BCUT2D eigenvalue weighted by atomic mass is 32.1. The second-order valence-electron chi connectivity index (χ2n) is 6.97. The molecule has 27 heavy (non-hydrogen) atoms. The van der Waals surface area contributed by atoms with E-state index in [1.165, 1.54) is 11.3 Å². The van der Waals surface area contributed by atoms with Crippen LogP contribution >= 0.6 is 11.3 Å². The van der Waals surface area contributed by atoms with E-state index < -0.39 is 0 Å². The lowest BCUT2D eigenvalue weighted by atomic mass is 10.1. The van der Waals surface area contributed by atoms with E-state index in [9.17, 15) is 4.79 Å². The van der Waals surface area contributed by atoms with E-state index >= 15 is 0 Å². The molecule has 1 aliphatic rings. The average molecular weight is 383 g/mol. The Bertz CT molecular complexity index is 1010. The number of anilines is 1. The van der Waals surface area contributed by atoms with Crippen molar-refractivity contribution < 1.29 is 14.3 Å². The molecule has 7 heteroatoms. The smallest absolute Gasteiger partial charge is 0.263 e. The maximum absolute atomic E-state index is 12.6. The number of rotatable bonds is 5. The number of carbonyl (C=O) groups excluding carboxylic acids is 1. The van der Waals surface area contributed by atoms with Gasteiger partial charge < -0.3 is 20.5 Å². The Morgan fingerprint density at radius 3 is 2.89 bits per heavy atom. The summed E-state index contributed by atoms with van der Waals surface area (Å²) >= 11 is 1.34. The molecule has 3 heterocycles. The molecule has 0 spiro atoms. The van der Waals surface area contributed by atoms with Gasteiger partial charge in [0.25, 0.3) is 5.91 Å². The Morgan fingerprint density at radius 1 is 1.26 bits per heavy atom. The Morgan fingerprint density at radius 2 is 2.07 bits per heavy atom. The molecule has 1 amide bonds. The molecule has 0 atom stereocenters. The molecule has 4 rings (SSSR count). The lowest BCUT2D eigenvalue weighted by Crippen LogP contribution is -2.22. The lowest BCUT2D eigenvalue weighted by Gasteiger charge is -2.05. The van der Waals surface area contributed by atoms with E-state index in [1.807, 2.05) is 30.3 Å². The number of pyridine rings is 1. The maximum Gasteiger partial charge on any atom is 0.263 e. The largest absolute Gasteiger partial charge is 0.454 e. The maximum atomic E-state index is 12.6. The van der Waals surface area contributed by atoms with Crippen molar-refractivity contribution in [1.29, 1.82) is 0 Å². The van der Waals surface area contributed by atoms with Crippen LogP contribution in [0.4, 0.5) is 5.69 Å². The first kappa shape index (κ1) is 17.6. The summed E-state index contributed by atoms with van der Waals surface area (Å²) < 4.78 is 10.7. The van der Waals surface area contributed by atoms with Crippen LogP contribution in [-0.4, -0.2) is 17.7 Å². The van der Waals surface area contributed by atoms with Crippen LogP contribution in [0.2, 0.25) is 0 Å². The lowest BCUT2D eigenvalue weighted by molar-refractivity contribution is 0.0955. The highest BCUT2D eigenvalue weighted by Crippen LogP contribution is 2.34. The Kier molecular flexibility index (Phi) is 4.61. The molecule has 0 fully saturated rings. The van der Waals surface area contributed by atoms with Crippen LogP contribution in [0.5, 0.6) is 11.5 Å². The monoisotopic (exact) mass is 383 g/mol. The Balaban J connectivity index is 1.51. The first-order chi connectivity index (χ1) is 13.0. The molecule has 0 saturated heterocycles. The predicted molar refractivity (Wildman–Crippen MR) is 106 cm³/mol. The molecular formula is C20H21N3O3S. The SMILES string of the molecule is CC(C)Cc1ccc2c(N)c(C(=O)NCc3ccc4c(c3)OCO4)sc2n1. The van der Waals surface area contributed by atoms with Gasteiger partial charge in [-0.25, -0.2) is 4.98 Å². The van der Waals surface area contributed by atoms with Gasteiger partial charge in [-0.05, 0) is 42.2 Å². The van der Waals surface area contributed by atoms with Gasteiger partial charge in [0.2, 0.25) is 6.79 Å². The number of fused-ring (bicyclic) bond motifs is 2. The highest BCUT2D eigenvalue weighted by Gasteiger charge is 2.18. The number of aromatic nitrogens is 1. The van der Waals surface area contributed by atoms with Gasteiger partial charge in [-0.15, -0.1) is 11.3 Å². The van der Waals surface area contributed by atoms with Crippen molar-refractivity contribution >= 4 is 33.1 Å². The zero-order valence-electron chi connectivity index (χ0n) is 15.2. The molecule has 0 aliphatic carbocycles. The zero-order valence-corrected chi connectivity index (χ0v) is 16.1. The third-order valence-electron chi connectivity index (χ3n) is 4.37. The van der Waals surface area contributed by atoms with Crippen molar-refractivity contribution in [3.05, 3.63) is 46.5 Å². The number of ether oxygens (including phenoxy) is 2. The molecular weight excluding hydrogens is 362 g/mol. The third-order valence-corrected chi connectivity index (χ3v) is 5.48. The van der Waals surface area contributed by atoms with E-state index in [0.717, 1.165) is 33.6 Å². The molecule has 1 aliphatic heterocycles. The van der Waals surface area contributed by atoms with Gasteiger partial charge in [0.15, 0.2) is 11.5 Å². The summed E-state index contributed by atoms with van der Waals surface area (Å²) in [6, 6.07) is 9.57. The number of nitrogens with one attached hydrogen (secondary N) is 1. The molecule has 3 aromatic rings. The Hall–Kier alpha value is -2.80. The quantitative estimate of drug-likeness (QED) is 0.701. The summed E-state index contributed by atoms with van der Waals surface area (Å²) in [4.78, 5) is 18.6. The van der Waals surface area contributed by atoms with Crippen molar-refractivity contribution in [1.82, 2.24) is 10.3 Å². The third kappa shape index (κ3) is 3.55. The van der Waals surface area contributed by atoms with Gasteiger partial charge >= 0.3 is 0 Å². The van der Waals surface area contributed by atoms with E-state index in [-0.39, 0.29) is 12.7 Å². The second-order valence-corrected chi connectivity index (χ2v) is 7.97. The minimum absolute atomic E-state index is 0.196. The molecule has 0 bridgehead atoms. The van der Waals surface area contributed by atoms with Crippen LogP contribution in [0.25, 0.3) is 10.2 Å². The molecule has 140 valence electrons. The molecule has 0 unspecified atom stereocenters. The normalized spacial score (nSPS) is 12.7. The fourth-order valence-electron chi connectivity index (χ4n) is 3.05. The number of nitrogen functional groups attached to an aromatic ring is 1. The van der Waals surface area contributed by atoms with Crippen molar-refractivity contribution in [3.63, 3.8) is 0 Å². The molecule has 0 saturated carbocycles. The van der Waals surface area contributed by atoms with Gasteiger partial charge in [0.1, 0.15) is 9.71 Å². The minimum Gasteiger partial charge on any atom is -0.454 e. The number of carbonyl (C=O) groups is 1. The van der Waals surface area contributed by atoms with Crippen molar-refractivity contribution in [3.8, 4) is 11.5 Å². The number of nitrogens with two attached hydrogens (primary N) is 1. The summed E-state index contributed by atoms with van der Waals surface area (Å²) in [5, 5.41) is 3.76. The molecule has 6 nitrogen and oxygen atoms in total. The highest BCUT2D eigenvalue weighted by molar-refractivity contribution is 7.21. The van der Waals surface area contributed by atoms with E-state index in [0.29, 0.717) is 28.8 Å². The van der Waals surface area contributed by atoms with E-state index in [1.54, 1.807) is 0 Å². The molecule has 0 radical (unpaired) electrons. The summed E-state index contributed by atoms with van der Waals surface area (Å²) in [6.45, 7) is 4.93. The van der Waals surface area contributed by atoms with Crippen LogP contribution < -0.4 is 20.5 Å². The summed E-state index contributed by atoms with van der Waals surface area (Å²) in [6.07, 6.45) is 0.902. The minimum atomic E-state index is -0.196. The van der Waals surface area contributed by atoms with Gasteiger partial charge in [-0.3, -0.25) is 4.79 Å². The second kappa shape index (κ2) is 7.08. The van der Waals surface area contributed by atoms with Crippen molar-refractivity contribution in [2.24, 2.45) is 5.92 Å². The van der Waals surface area contributed by atoms with Gasteiger partial charge in [-0.2, -0.15) is 0 Å². The topological polar surface area (TPSA) is 86.5 Å². The standard InChI is InChI=1S/C20H21N3O3S/c1-11(2)7-13-4-5-14-17(21)18(27-20(14)23-13)19(24)22-9-12-3-6-15-16(8-12)26-10-25-15/h3-6,8,11H,7,9-10,21H2,1-2H3,(H,22,24). The number of hydrogen-bond donors (Lipinski definition) is 2. The first-order valence-electron chi connectivity index (χ1n) is 8.86.